The van der Waals surface area contributed by atoms with E-state index in [4.69, 9.17) is 4.74 Å². The van der Waals surface area contributed by atoms with Crippen LogP contribution in [-0.2, 0) is 13.0 Å². The summed E-state index contributed by atoms with van der Waals surface area (Å²) in [5, 5.41) is 12.5. The average Bonchev–Trinajstić information content (AvgIpc) is 2.54. The number of methoxy groups -OCH3 is 1. The maximum absolute atomic E-state index is 10.1. The molecule has 0 fully saturated rings. The van der Waals surface area contributed by atoms with Crippen molar-refractivity contribution in [2.45, 2.75) is 26.8 Å². The second-order valence-corrected chi connectivity index (χ2v) is 6.35. The summed E-state index contributed by atoms with van der Waals surface area (Å²) in [5.41, 5.74) is 5.67. The zero-order valence-electron chi connectivity index (χ0n) is 13.7. The van der Waals surface area contributed by atoms with Gasteiger partial charge in [0.05, 0.1) is 12.7 Å². The van der Waals surface area contributed by atoms with Crippen LogP contribution in [0.25, 0.3) is 22.0 Å². The maximum Gasteiger partial charge on any atom is 0.213 e. The lowest BCUT2D eigenvalue weighted by molar-refractivity contribution is -0.686. The van der Waals surface area contributed by atoms with E-state index in [0.717, 1.165) is 46.5 Å². The van der Waals surface area contributed by atoms with E-state index in [2.05, 4.69) is 42.0 Å². The number of phenolic OH excluding ortho intramolecular Hbond substituents is 1. The number of rotatable bonds is 1. The highest BCUT2D eigenvalue weighted by atomic mass is 16.5. The van der Waals surface area contributed by atoms with Crippen LogP contribution in [0.2, 0.25) is 0 Å². The first-order chi connectivity index (χ1) is 11.1. The third-order valence-corrected chi connectivity index (χ3v) is 4.82. The van der Waals surface area contributed by atoms with Crippen LogP contribution in [0.15, 0.2) is 36.5 Å². The van der Waals surface area contributed by atoms with Crippen LogP contribution in [0.1, 0.15) is 16.7 Å². The molecule has 0 amide bonds. The molecule has 3 heteroatoms. The van der Waals surface area contributed by atoms with Crippen LogP contribution in [-0.4, -0.2) is 12.2 Å². The summed E-state index contributed by atoms with van der Waals surface area (Å²) in [6, 6.07) is 10.5. The van der Waals surface area contributed by atoms with Crippen molar-refractivity contribution in [3.05, 3.63) is 53.2 Å². The number of hydrogen-bond acceptors (Lipinski definition) is 2. The van der Waals surface area contributed by atoms with Crippen molar-refractivity contribution in [2.75, 3.05) is 7.11 Å². The number of benzene rings is 2. The Balaban J connectivity index is 1.99. The second-order valence-electron chi connectivity index (χ2n) is 6.35. The fourth-order valence-electron chi connectivity index (χ4n) is 3.51. The molecule has 1 N–H and O–H groups in total. The van der Waals surface area contributed by atoms with Gasteiger partial charge in [-0.15, -0.1) is 0 Å². The lowest BCUT2D eigenvalue weighted by atomic mass is 9.93. The van der Waals surface area contributed by atoms with Crippen LogP contribution < -0.4 is 9.30 Å². The van der Waals surface area contributed by atoms with Crippen LogP contribution in [0, 0.1) is 13.8 Å². The van der Waals surface area contributed by atoms with Gasteiger partial charge in [0.25, 0.3) is 0 Å². The predicted molar refractivity (Wildman–Crippen MR) is 91.0 cm³/mol. The molecular weight excluding hydrogens is 286 g/mol. The average molecular weight is 306 g/mol. The van der Waals surface area contributed by atoms with E-state index in [1.807, 2.05) is 13.0 Å². The minimum absolute atomic E-state index is 0.360. The highest BCUT2D eigenvalue weighted by molar-refractivity contribution is 5.86. The first-order valence-electron chi connectivity index (χ1n) is 7.91. The van der Waals surface area contributed by atoms with Crippen molar-refractivity contribution in [2.24, 2.45) is 0 Å². The summed E-state index contributed by atoms with van der Waals surface area (Å²) in [4.78, 5) is 0. The van der Waals surface area contributed by atoms with Crippen molar-refractivity contribution in [3.8, 4) is 22.8 Å². The lowest BCUT2D eigenvalue weighted by Gasteiger charge is -2.17. The molecule has 3 nitrogen and oxygen atoms in total. The highest BCUT2D eigenvalue weighted by Crippen LogP contribution is 2.34. The van der Waals surface area contributed by atoms with E-state index >= 15 is 0 Å². The minimum atomic E-state index is 0.360. The number of nitrogens with zero attached hydrogens (tertiary/aromatic N) is 1. The van der Waals surface area contributed by atoms with Crippen LogP contribution in [0.4, 0.5) is 0 Å². The quantitative estimate of drug-likeness (QED) is 0.696. The van der Waals surface area contributed by atoms with Gasteiger partial charge in [-0.3, -0.25) is 0 Å². The van der Waals surface area contributed by atoms with Crippen molar-refractivity contribution in [1.82, 2.24) is 0 Å². The predicted octanol–water partition coefficient (Wildman–Crippen LogP) is 3.68. The number of hydrogen-bond donors (Lipinski definition) is 1. The second kappa shape index (κ2) is 4.98. The Kier molecular flexibility index (Phi) is 3.05. The zero-order valence-corrected chi connectivity index (χ0v) is 13.7. The molecule has 0 bridgehead atoms. The van der Waals surface area contributed by atoms with E-state index < -0.39 is 0 Å². The standard InChI is InChI=1S/C20H19NO2/c1-12-6-14-4-5-21-11-16-7-13(2)20(23-3)9-15(16)8-18(21)17(14)10-19(12)22/h6-11H,4-5H2,1-3H3/p+1. The van der Waals surface area contributed by atoms with E-state index in [1.54, 1.807) is 7.11 Å². The molecular formula is C20H20NO2+. The minimum Gasteiger partial charge on any atom is -0.508 e. The summed E-state index contributed by atoms with van der Waals surface area (Å²) in [6.45, 7) is 4.98. The number of pyridine rings is 1. The molecule has 4 rings (SSSR count). The maximum atomic E-state index is 10.1. The molecule has 0 atom stereocenters. The first-order valence-corrected chi connectivity index (χ1v) is 7.91. The molecule has 0 spiro atoms. The lowest BCUT2D eigenvalue weighted by Crippen LogP contribution is -2.40. The van der Waals surface area contributed by atoms with Gasteiger partial charge in [0.1, 0.15) is 11.5 Å². The third kappa shape index (κ3) is 2.15. The van der Waals surface area contributed by atoms with Gasteiger partial charge in [-0.1, -0.05) is 6.07 Å². The number of aromatic hydroxyl groups is 1. The Morgan fingerprint density at radius 1 is 1.00 bits per heavy atom. The fourth-order valence-corrected chi connectivity index (χ4v) is 3.51. The topological polar surface area (TPSA) is 33.3 Å². The molecule has 2 heterocycles. The number of aryl methyl sites for hydroxylation is 4. The fraction of sp³-hybridized carbons (Fsp3) is 0.250. The van der Waals surface area contributed by atoms with E-state index in [1.165, 1.54) is 10.9 Å². The van der Waals surface area contributed by atoms with Crippen molar-refractivity contribution >= 4 is 10.8 Å². The van der Waals surface area contributed by atoms with E-state index in [-0.39, 0.29) is 0 Å². The van der Waals surface area contributed by atoms with Crippen molar-refractivity contribution in [3.63, 3.8) is 0 Å². The monoisotopic (exact) mass is 306 g/mol. The van der Waals surface area contributed by atoms with Gasteiger partial charge in [-0.2, -0.15) is 4.57 Å². The highest BCUT2D eigenvalue weighted by Gasteiger charge is 2.24. The van der Waals surface area contributed by atoms with Gasteiger partial charge in [-0.25, -0.2) is 0 Å². The normalized spacial score (nSPS) is 12.8. The summed E-state index contributed by atoms with van der Waals surface area (Å²) in [6.07, 6.45) is 3.20. The summed E-state index contributed by atoms with van der Waals surface area (Å²) < 4.78 is 7.74. The smallest absolute Gasteiger partial charge is 0.213 e. The largest absolute Gasteiger partial charge is 0.508 e. The van der Waals surface area contributed by atoms with Crippen molar-refractivity contribution < 1.29 is 14.4 Å². The van der Waals surface area contributed by atoms with E-state index in [0.29, 0.717) is 5.75 Å². The Morgan fingerprint density at radius 3 is 2.61 bits per heavy atom. The molecule has 3 aromatic rings. The third-order valence-electron chi connectivity index (χ3n) is 4.82. The van der Waals surface area contributed by atoms with Crippen LogP contribution in [0.5, 0.6) is 11.5 Å². The van der Waals surface area contributed by atoms with E-state index in [9.17, 15) is 5.11 Å². The summed E-state index contributed by atoms with van der Waals surface area (Å²) in [5.74, 6) is 1.27. The Morgan fingerprint density at radius 2 is 1.83 bits per heavy atom. The Bertz CT molecular complexity index is 944. The molecule has 0 radical (unpaired) electrons. The molecule has 23 heavy (non-hydrogen) atoms. The number of aromatic nitrogens is 1. The Hall–Kier alpha value is -2.55. The van der Waals surface area contributed by atoms with Gasteiger partial charge in [-0.05, 0) is 54.1 Å². The molecule has 1 aromatic heterocycles. The van der Waals surface area contributed by atoms with Crippen LogP contribution in [0.3, 0.4) is 0 Å². The summed E-state index contributed by atoms with van der Waals surface area (Å²) in [7, 11) is 1.71. The van der Waals surface area contributed by atoms with Crippen LogP contribution >= 0.6 is 0 Å². The van der Waals surface area contributed by atoms with Gasteiger partial charge in [0.2, 0.25) is 5.69 Å². The number of ether oxygens (including phenoxy) is 1. The number of fused-ring (bicyclic) bond motifs is 4. The molecule has 1 aliphatic rings. The molecule has 0 saturated heterocycles. The molecule has 2 aromatic carbocycles. The molecule has 116 valence electrons. The molecule has 1 aliphatic heterocycles. The van der Waals surface area contributed by atoms with Crippen molar-refractivity contribution in [1.29, 1.82) is 0 Å². The van der Waals surface area contributed by atoms with Gasteiger partial charge in [0.15, 0.2) is 12.7 Å². The first kappa shape index (κ1) is 14.1. The zero-order chi connectivity index (χ0) is 16.1. The SMILES string of the molecule is COc1cc2cc3[n+](cc2cc1C)CCc1cc(C)c(O)cc1-3. The molecule has 0 unspecified atom stereocenters. The number of phenols is 1. The summed E-state index contributed by atoms with van der Waals surface area (Å²) >= 11 is 0. The van der Waals surface area contributed by atoms with Gasteiger partial charge >= 0.3 is 0 Å². The molecule has 0 saturated carbocycles. The Labute approximate surface area is 135 Å². The van der Waals surface area contributed by atoms with Gasteiger partial charge in [0, 0.05) is 17.9 Å². The van der Waals surface area contributed by atoms with Gasteiger partial charge < -0.3 is 9.84 Å². The molecule has 0 aliphatic carbocycles.